The summed E-state index contributed by atoms with van der Waals surface area (Å²) in [6.07, 6.45) is 14.1. The summed E-state index contributed by atoms with van der Waals surface area (Å²) in [7, 11) is 0. The first-order valence-corrected chi connectivity index (χ1v) is 15.8. The zero-order chi connectivity index (χ0) is 27.9. The fraction of sp³-hybridized carbons (Fsp3) is 0.938. The molecule has 0 atom stereocenters. The van der Waals surface area contributed by atoms with Crippen molar-refractivity contribution in [1.82, 2.24) is 0 Å². The lowest BCUT2D eigenvalue weighted by Gasteiger charge is -2.19. The Morgan fingerprint density at radius 2 is 0.684 bits per heavy atom. The van der Waals surface area contributed by atoms with Crippen LogP contribution in [-0.2, 0) is 28.4 Å². The van der Waals surface area contributed by atoms with Crippen LogP contribution in [0.2, 0.25) is 0 Å². The van der Waals surface area contributed by atoms with Crippen molar-refractivity contribution in [2.75, 3.05) is 79.3 Å². The summed E-state index contributed by atoms with van der Waals surface area (Å²) in [6.45, 7) is 21.2. The summed E-state index contributed by atoms with van der Waals surface area (Å²) in [5, 5.41) is 0. The van der Waals surface area contributed by atoms with Gasteiger partial charge in [0.1, 0.15) is 0 Å². The van der Waals surface area contributed by atoms with Gasteiger partial charge in [0.2, 0.25) is 0 Å². The minimum atomic E-state index is 0.242. The van der Waals surface area contributed by atoms with Gasteiger partial charge in [0, 0.05) is 38.3 Å². The molecule has 0 heterocycles. The molecule has 0 rings (SSSR count). The molecule has 0 aromatic rings. The Morgan fingerprint density at radius 1 is 0.421 bits per heavy atom. The largest absolute Gasteiger partial charge is 0.381 e. The molecular formula is C32H64O6. The van der Waals surface area contributed by atoms with Crippen LogP contribution in [0.25, 0.3) is 0 Å². The molecule has 0 saturated carbocycles. The summed E-state index contributed by atoms with van der Waals surface area (Å²) in [6, 6.07) is 0. The van der Waals surface area contributed by atoms with Crippen molar-refractivity contribution in [3.8, 4) is 0 Å². The average Bonchev–Trinajstić information content (AvgIpc) is 2.91. The number of hydrogen-bond donors (Lipinski definition) is 0. The van der Waals surface area contributed by atoms with Gasteiger partial charge in [-0.15, -0.1) is 0 Å². The lowest BCUT2D eigenvalue weighted by molar-refractivity contribution is -0.0111. The van der Waals surface area contributed by atoms with E-state index < -0.39 is 0 Å². The van der Waals surface area contributed by atoms with E-state index in [-0.39, 0.29) is 11.8 Å². The van der Waals surface area contributed by atoms with Crippen LogP contribution >= 0.6 is 0 Å². The van der Waals surface area contributed by atoms with E-state index in [1.165, 1.54) is 51.4 Å². The van der Waals surface area contributed by atoms with Gasteiger partial charge in [0.05, 0.1) is 52.9 Å². The van der Waals surface area contributed by atoms with Crippen molar-refractivity contribution in [3.05, 3.63) is 12.2 Å². The molecule has 0 aromatic heterocycles. The van der Waals surface area contributed by atoms with Crippen LogP contribution in [0.15, 0.2) is 12.2 Å². The number of rotatable bonds is 32. The van der Waals surface area contributed by atoms with E-state index in [9.17, 15) is 0 Å². The van der Waals surface area contributed by atoms with Crippen LogP contribution in [0.5, 0.6) is 0 Å². The number of unbranched alkanes of at least 4 members (excludes halogenated alkanes) is 8. The third-order valence-corrected chi connectivity index (χ3v) is 6.30. The Hall–Kier alpha value is -0.500. The fourth-order valence-corrected chi connectivity index (χ4v) is 3.89. The first-order chi connectivity index (χ1) is 18.7. The lowest BCUT2D eigenvalue weighted by Crippen LogP contribution is -2.24. The fourth-order valence-electron chi connectivity index (χ4n) is 3.89. The minimum absolute atomic E-state index is 0.242. The predicted octanol–water partition coefficient (Wildman–Crippen LogP) is 7.64. The summed E-state index contributed by atoms with van der Waals surface area (Å²) in [5.74, 6) is 0.483. The number of ether oxygens (including phenoxy) is 6. The van der Waals surface area contributed by atoms with Crippen LogP contribution in [0.3, 0.4) is 0 Å². The summed E-state index contributed by atoms with van der Waals surface area (Å²) >= 11 is 0. The van der Waals surface area contributed by atoms with Crippen molar-refractivity contribution in [3.63, 3.8) is 0 Å². The van der Waals surface area contributed by atoms with Crippen LogP contribution in [0, 0.1) is 11.8 Å². The van der Waals surface area contributed by atoms with Crippen molar-refractivity contribution in [2.24, 2.45) is 11.8 Å². The normalized spacial score (nSPS) is 11.7. The highest BCUT2D eigenvalue weighted by atomic mass is 16.5. The molecule has 0 amide bonds. The van der Waals surface area contributed by atoms with Crippen LogP contribution in [0.4, 0.5) is 0 Å². The molecule has 0 fully saturated rings. The molecule has 0 unspecified atom stereocenters. The molecule has 0 N–H and O–H groups in total. The van der Waals surface area contributed by atoms with Gasteiger partial charge in [-0.1, -0.05) is 85.6 Å². The van der Waals surface area contributed by atoms with Gasteiger partial charge in [-0.25, -0.2) is 0 Å². The second-order valence-electron chi connectivity index (χ2n) is 10.6. The Labute approximate surface area is 236 Å². The maximum atomic E-state index is 5.99. The molecule has 38 heavy (non-hydrogen) atoms. The second kappa shape index (κ2) is 31.0. The van der Waals surface area contributed by atoms with Gasteiger partial charge in [-0.2, -0.15) is 0 Å². The second-order valence-corrected chi connectivity index (χ2v) is 10.6. The Kier molecular flexibility index (Phi) is 30.6. The van der Waals surface area contributed by atoms with Crippen molar-refractivity contribution < 1.29 is 28.4 Å². The van der Waals surface area contributed by atoms with E-state index in [1.54, 1.807) is 0 Å². The van der Waals surface area contributed by atoms with E-state index in [0.717, 1.165) is 57.7 Å². The van der Waals surface area contributed by atoms with Crippen molar-refractivity contribution >= 4 is 0 Å². The molecule has 0 bridgehead atoms. The highest BCUT2D eigenvalue weighted by Crippen LogP contribution is 2.08. The first-order valence-electron chi connectivity index (χ1n) is 15.8. The molecule has 0 aliphatic rings. The maximum Gasteiger partial charge on any atom is 0.0696 e. The van der Waals surface area contributed by atoms with E-state index in [2.05, 4.69) is 34.3 Å². The predicted molar refractivity (Wildman–Crippen MR) is 159 cm³/mol. The Morgan fingerprint density at radius 3 is 0.947 bits per heavy atom. The summed E-state index contributed by atoms with van der Waals surface area (Å²) < 4.78 is 35.6. The van der Waals surface area contributed by atoms with Gasteiger partial charge < -0.3 is 28.4 Å². The SMILES string of the molecule is C=C(COCC(COCCCCC)COCCCCC)COCC(COCCCCC)COCCCCC. The van der Waals surface area contributed by atoms with Gasteiger partial charge in [0.25, 0.3) is 0 Å². The minimum Gasteiger partial charge on any atom is -0.381 e. The molecule has 0 saturated heterocycles. The monoisotopic (exact) mass is 544 g/mol. The van der Waals surface area contributed by atoms with Gasteiger partial charge in [-0.3, -0.25) is 0 Å². The van der Waals surface area contributed by atoms with Gasteiger partial charge in [0.15, 0.2) is 0 Å². The lowest BCUT2D eigenvalue weighted by atomic mass is 10.2. The highest BCUT2D eigenvalue weighted by molar-refractivity contribution is 4.94. The molecule has 6 nitrogen and oxygen atoms in total. The number of hydrogen-bond acceptors (Lipinski definition) is 6. The molecular weight excluding hydrogens is 480 g/mol. The molecule has 228 valence electrons. The van der Waals surface area contributed by atoms with Crippen LogP contribution in [-0.4, -0.2) is 79.3 Å². The third-order valence-electron chi connectivity index (χ3n) is 6.30. The zero-order valence-corrected chi connectivity index (χ0v) is 25.8. The van der Waals surface area contributed by atoms with E-state index in [0.29, 0.717) is 52.9 Å². The molecule has 6 heteroatoms. The highest BCUT2D eigenvalue weighted by Gasteiger charge is 2.13. The van der Waals surface area contributed by atoms with Crippen molar-refractivity contribution in [1.29, 1.82) is 0 Å². The summed E-state index contributed by atoms with van der Waals surface area (Å²) in [5.41, 5.74) is 0.947. The van der Waals surface area contributed by atoms with Crippen LogP contribution in [0.1, 0.15) is 105 Å². The zero-order valence-electron chi connectivity index (χ0n) is 25.8. The van der Waals surface area contributed by atoms with E-state index in [1.807, 2.05) is 0 Å². The van der Waals surface area contributed by atoms with Gasteiger partial charge >= 0.3 is 0 Å². The Balaban J connectivity index is 4.27. The first kappa shape index (κ1) is 37.5. The average molecular weight is 545 g/mol. The summed E-state index contributed by atoms with van der Waals surface area (Å²) in [4.78, 5) is 0. The van der Waals surface area contributed by atoms with Crippen LogP contribution < -0.4 is 0 Å². The third kappa shape index (κ3) is 27.1. The quantitative estimate of drug-likeness (QED) is 0.0641. The van der Waals surface area contributed by atoms with Gasteiger partial charge in [-0.05, 0) is 31.3 Å². The molecule has 0 aliphatic heterocycles. The molecule has 0 aromatic carbocycles. The van der Waals surface area contributed by atoms with E-state index in [4.69, 9.17) is 28.4 Å². The van der Waals surface area contributed by atoms with E-state index >= 15 is 0 Å². The molecule has 0 radical (unpaired) electrons. The van der Waals surface area contributed by atoms with Crippen molar-refractivity contribution in [2.45, 2.75) is 105 Å². The topological polar surface area (TPSA) is 55.4 Å². The standard InChI is InChI=1S/C32H64O6/c1-6-10-14-18-33-24-31(25-34-19-15-11-7-2)28-37-22-30(5)23-38-29-32(26-35-20-16-12-8-3)27-36-21-17-13-9-4/h31-32H,5-29H2,1-4H3. The molecule has 0 spiro atoms. The molecule has 0 aliphatic carbocycles. The maximum absolute atomic E-state index is 5.99. The smallest absolute Gasteiger partial charge is 0.0696 e. The Bertz CT molecular complexity index is 405.